The predicted octanol–water partition coefficient (Wildman–Crippen LogP) is 3.73. The van der Waals surface area contributed by atoms with Crippen molar-refractivity contribution in [3.05, 3.63) is 62.7 Å². The molecule has 0 radical (unpaired) electrons. The van der Waals surface area contributed by atoms with Crippen LogP contribution in [0.25, 0.3) is 0 Å². The van der Waals surface area contributed by atoms with Gasteiger partial charge in [0, 0.05) is 54.2 Å². The highest BCUT2D eigenvalue weighted by atomic mass is 127. The monoisotopic (exact) mass is 578 g/mol. The van der Waals surface area contributed by atoms with Gasteiger partial charge in [-0.25, -0.2) is 14.0 Å². The molecular formula is C25H24FIN2O5. The zero-order valence-electron chi connectivity index (χ0n) is 18.7. The van der Waals surface area contributed by atoms with E-state index in [9.17, 15) is 14.4 Å². The first kappa shape index (κ1) is 23.1. The van der Waals surface area contributed by atoms with Gasteiger partial charge < -0.3 is 14.4 Å². The third-order valence-electron chi connectivity index (χ3n) is 6.60. The van der Waals surface area contributed by atoms with Crippen molar-refractivity contribution in [2.24, 2.45) is 0 Å². The van der Waals surface area contributed by atoms with Crippen LogP contribution in [-0.4, -0.2) is 43.6 Å². The number of pyridine rings is 1. The van der Waals surface area contributed by atoms with Gasteiger partial charge in [-0.05, 0) is 54.7 Å². The number of benzene rings is 1. The fraction of sp³-hybridized carbons (Fsp3) is 0.400. The number of ether oxygens (including phenoxy) is 2. The van der Waals surface area contributed by atoms with Crippen LogP contribution in [0.5, 0.6) is 0 Å². The maximum absolute atomic E-state index is 15.0. The van der Waals surface area contributed by atoms with Crippen LogP contribution >= 0.6 is 20.7 Å². The van der Waals surface area contributed by atoms with Crippen molar-refractivity contribution in [2.75, 3.05) is 6.54 Å². The molecule has 2 aromatic rings. The molecule has 34 heavy (non-hydrogen) atoms. The van der Waals surface area contributed by atoms with E-state index in [0.717, 1.165) is 29.5 Å². The lowest BCUT2D eigenvalue weighted by Crippen LogP contribution is -2.48. The predicted molar refractivity (Wildman–Crippen MR) is 129 cm³/mol. The molecule has 1 atom stereocenters. The maximum Gasteiger partial charge on any atom is 0.354 e. The first-order chi connectivity index (χ1) is 16.3. The third-order valence-corrected chi connectivity index (χ3v) is 9.48. The Bertz CT molecular complexity index is 1190. The summed E-state index contributed by atoms with van der Waals surface area (Å²) in [5.41, 5.74) is 2.79. The minimum Gasteiger partial charge on any atom is -0.418 e. The Morgan fingerprint density at radius 1 is 1.15 bits per heavy atom. The molecular weight excluding hydrogens is 554 g/mol. The number of hydrogen-bond donors (Lipinski definition) is 0. The molecule has 3 aliphatic rings. The number of nitrogens with zero attached hydrogens (tertiary/aromatic N) is 2. The average Bonchev–Trinajstić information content (AvgIpc) is 3.39. The SMILES string of the molecule is Cc1cnccc1CN1CC(c2ccc(I=C3C(=O)OC4(CCCC4)OC3=O)c(F)c2)CC1=O. The Hall–Kier alpha value is -2.69. The Morgan fingerprint density at radius 2 is 1.88 bits per heavy atom. The molecule has 1 saturated carbocycles. The molecule has 9 heteroatoms. The van der Waals surface area contributed by atoms with Gasteiger partial charge in [-0.15, -0.1) is 0 Å². The third kappa shape index (κ3) is 4.49. The van der Waals surface area contributed by atoms with Crippen molar-refractivity contribution in [3.63, 3.8) is 0 Å². The van der Waals surface area contributed by atoms with Crippen molar-refractivity contribution in [1.29, 1.82) is 0 Å². The first-order valence-electron chi connectivity index (χ1n) is 11.3. The molecule has 7 nitrogen and oxygen atoms in total. The minimum atomic E-state index is -1.40. The molecule has 2 aliphatic heterocycles. The summed E-state index contributed by atoms with van der Waals surface area (Å²) < 4.78 is 26.2. The smallest absolute Gasteiger partial charge is 0.354 e. The summed E-state index contributed by atoms with van der Waals surface area (Å²) >= 11 is -1.40. The van der Waals surface area contributed by atoms with Gasteiger partial charge >= 0.3 is 11.9 Å². The van der Waals surface area contributed by atoms with E-state index in [0.29, 0.717) is 35.9 Å². The van der Waals surface area contributed by atoms with Gasteiger partial charge in [0.2, 0.25) is 5.91 Å². The van der Waals surface area contributed by atoms with Crippen molar-refractivity contribution < 1.29 is 28.2 Å². The molecule has 3 heterocycles. The Kier molecular flexibility index (Phi) is 6.22. The minimum absolute atomic E-state index is 0.0298. The summed E-state index contributed by atoms with van der Waals surface area (Å²) in [4.78, 5) is 43.5. The molecule has 1 aromatic heterocycles. The topological polar surface area (TPSA) is 85.8 Å². The second kappa shape index (κ2) is 9.16. The molecule has 1 aromatic carbocycles. The molecule has 178 valence electrons. The van der Waals surface area contributed by atoms with Crippen molar-refractivity contribution in [1.82, 2.24) is 9.88 Å². The zero-order valence-corrected chi connectivity index (χ0v) is 20.8. The van der Waals surface area contributed by atoms with E-state index in [4.69, 9.17) is 9.47 Å². The number of rotatable bonds is 4. The van der Waals surface area contributed by atoms with E-state index in [-0.39, 0.29) is 15.3 Å². The summed E-state index contributed by atoms with van der Waals surface area (Å²) in [6.07, 6.45) is 6.49. The van der Waals surface area contributed by atoms with E-state index in [1.165, 1.54) is 6.07 Å². The summed E-state index contributed by atoms with van der Waals surface area (Å²) in [5.74, 6) is -3.05. The van der Waals surface area contributed by atoms with Crippen LogP contribution in [0.15, 0.2) is 36.7 Å². The highest BCUT2D eigenvalue weighted by molar-refractivity contribution is 14.2. The Labute approximate surface area is 206 Å². The van der Waals surface area contributed by atoms with Crippen LogP contribution in [0.4, 0.5) is 4.39 Å². The molecule has 0 N–H and O–H groups in total. The first-order valence-corrected chi connectivity index (χ1v) is 13.4. The molecule has 0 bridgehead atoms. The number of hydrogen-bond acceptors (Lipinski definition) is 6. The van der Waals surface area contributed by atoms with Crippen molar-refractivity contribution in [2.45, 2.75) is 57.3 Å². The number of amides is 1. The standard InChI is InChI=1S/C25H24FIN2O5/c1-15-12-28-9-6-17(15)13-29-14-18(11-21(29)30)16-4-5-20(19(26)10-16)27-22-23(31)33-25(34-24(22)32)7-2-3-8-25/h4-6,9-10,12,18H,2-3,7-8,11,13-14H2,1H3. The molecule has 5 rings (SSSR count). The highest BCUT2D eigenvalue weighted by Gasteiger charge is 2.48. The van der Waals surface area contributed by atoms with Crippen LogP contribution < -0.4 is 0 Å². The highest BCUT2D eigenvalue weighted by Crippen LogP contribution is 2.38. The number of aromatic nitrogens is 1. The zero-order chi connectivity index (χ0) is 23.9. The average molecular weight is 578 g/mol. The van der Waals surface area contributed by atoms with Crippen LogP contribution in [0.2, 0.25) is 0 Å². The maximum atomic E-state index is 15.0. The van der Waals surface area contributed by atoms with Gasteiger partial charge in [0.15, 0.2) is 3.51 Å². The van der Waals surface area contributed by atoms with Crippen molar-refractivity contribution >= 4 is 42.1 Å². The lowest BCUT2D eigenvalue weighted by molar-refractivity contribution is -0.224. The normalized spacial score (nSPS) is 21.8. The molecule has 1 aliphatic carbocycles. The molecule has 3 fully saturated rings. The number of carbonyl (C=O) groups excluding carboxylic acids is 3. The van der Waals surface area contributed by atoms with E-state index < -0.39 is 44.3 Å². The quantitative estimate of drug-likeness (QED) is 0.406. The molecule has 2 saturated heterocycles. The summed E-state index contributed by atoms with van der Waals surface area (Å²) in [5, 5.41) is 0. The molecule has 1 amide bonds. The van der Waals surface area contributed by atoms with Gasteiger partial charge in [0.1, 0.15) is 5.82 Å². The second-order valence-electron chi connectivity index (χ2n) is 8.96. The van der Waals surface area contributed by atoms with Crippen molar-refractivity contribution in [3.8, 4) is 0 Å². The Balaban J connectivity index is 1.30. The summed E-state index contributed by atoms with van der Waals surface area (Å²) in [6.45, 7) is 2.97. The fourth-order valence-electron chi connectivity index (χ4n) is 4.70. The van der Waals surface area contributed by atoms with E-state index in [1.54, 1.807) is 29.4 Å². The number of likely N-dealkylation sites (tertiary alicyclic amines) is 1. The molecule has 1 unspecified atom stereocenters. The van der Waals surface area contributed by atoms with Gasteiger partial charge in [0.25, 0.3) is 5.79 Å². The second-order valence-corrected chi connectivity index (χ2v) is 11.7. The van der Waals surface area contributed by atoms with E-state index in [1.807, 2.05) is 13.0 Å². The van der Waals surface area contributed by atoms with Gasteiger partial charge in [0.05, 0.1) is 0 Å². The largest absolute Gasteiger partial charge is 0.418 e. The van der Waals surface area contributed by atoms with Crippen LogP contribution in [-0.2, 0) is 30.4 Å². The fourth-order valence-corrected chi connectivity index (χ4v) is 6.72. The molecule has 1 spiro atoms. The van der Waals surface area contributed by atoms with Crippen LogP contribution in [0.1, 0.15) is 54.7 Å². The van der Waals surface area contributed by atoms with Crippen LogP contribution in [0, 0.1) is 16.3 Å². The Morgan fingerprint density at radius 3 is 2.56 bits per heavy atom. The summed E-state index contributed by atoms with van der Waals surface area (Å²) in [6, 6.07) is 6.73. The van der Waals surface area contributed by atoms with Gasteiger partial charge in [-0.3, -0.25) is 9.78 Å². The van der Waals surface area contributed by atoms with Gasteiger partial charge in [-0.2, -0.15) is 0 Å². The number of esters is 2. The van der Waals surface area contributed by atoms with Gasteiger partial charge in [-0.1, -0.05) is 26.8 Å². The lowest BCUT2D eigenvalue weighted by atomic mass is 9.98. The van der Waals surface area contributed by atoms with Crippen LogP contribution in [0.3, 0.4) is 0 Å². The number of halogens is 2. The number of aryl methyl sites for hydroxylation is 1. The lowest BCUT2D eigenvalue weighted by Gasteiger charge is -2.32. The summed E-state index contributed by atoms with van der Waals surface area (Å²) in [7, 11) is 0. The van der Waals surface area contributed by atoms with E-state index in [2.05, 4.69) is 4.98 Å². The number of carbonyl (C=O) groups is 3. The van der Waals surface area contributed by atoms with E-state index >= 15 is 4.39 Å².